The molecule has 19 heavy (non-hydrogen) atoms. The third-order valence-corrected chi connectivity index (χ3v) is 4.04. The number of rotatable bonds is 6. The molecule has 0 radical (unpaired) electrons. The lowest BCUT2D eigenvalue weighted by Gasteiger charge is -2.42. The molecule has 1 unspecified atom stereocenters. The molecule has 0 aromatic heterocycles. The van der Waals surface area contributed by atoms with Crippen LogP contribution >= 0.6 is 0 Å². The molecule has 1 aromatic carbocycles. The lowest BCUT2D eigenvalue weighted by Crippen LogP contribution is -2.52. The van der Waals surface area contributed by atoms with E-state index in [0.717, 1.165) is 17.1 Å². The van der Waals surface area contributed by atoms with Gasteiger partial charge in [0.1, 0.15) is 11.5 Å². The number of methoxy groups -OCH3 is 2. The summed E-state index contributed by atoms with van der Waals surface area (Å²) in [6.07, 6.45) is 0.569. The number of hydrogen-bond donors (Lipinski definition) is 2. The normalized spacial score (nSPS) is 14.9. The van der Waals surface area contributed by atoms with E-state index >= 15 is 0 Å². The molecule has 4 heteroatoms. The van der Waals surface area contributed by atoms with E-state index in [9.17, 15) is 5.11 Å². The van der Waals surface area contributed by atoms with Crippen LogP contribution in [0, 0.1) is 0 Å². The molecule has 0 spiro atoms. The van der Waals surface area contributed by atoms with Gasteiger partial charge in [-0.2, -0.15) is 0 Å². The third kappa shape index (κ3) is 3.01. The van der Waals surface area contributed by atoms with Gasteiger partial charge in [0.05, 0.1) is 14.2 Å². The predicted molar refractivity (Wildman–Crippen MR) is 76.9 cm³/mol. The van der Waals surface area contributed by atoms with Crippen LogP contribution < -0.4 is 15.2 Å². The van der Waals surface area contributed by atoms with Gasteiger partial charge in [-0.15, -0.1) is 0 Å². The molecule has 1 atom stereocenters. The summed E-state index contributed by atoms with van der Waals surface area (Å²) in [5.41, 5.74) is 6.43. The lowest BCUT2D eigenvalue weighted by atomic mass is 9.66. The second-order valence-electron chi connectivity index (χ2n) is 5.59. The van der Waals surface area contributed by atoms with Gasteiger partial charge in [-0.25, -0.2) is 0 Å². The van der Waals surface area contributed by atoms with E-state index in [-0.39, 0.29) is 12.0 Å². The number of aliphatic hydroxyl groups excluding tert-OH is 1. The van der Waals surface area contributed by atoms with Crippen molar-refractivity contribution in [1.82, 2.24) is 0 Å². The molecule has 0 aliphatic carbocycles. The van der Waals surface area contributed by atoms with E-state index in [4.69, 9.17) is 15.2 Å². The fourth-order valence-electron chi connectivity index (χ4n) is 2.28. The third-order valence-electron chi connectivity index (χ3n) is 4.04. The zero-order chi connectivity index (χ0) is 14.7. The van der Waals surface area contributed by atoms with Crippen LogP contribution in [0.2, 0.25) is 0 Å². The van der Waals surface area contributed by atoms with Gasteiger partial charge in [0, 0.05) is 29.2 Å². The standard InChI is InChI=1S/C15H25NO3/c1-14(2,16)15(3,8-9-17)12-7-6-11(18-4)10-13(12)19-5/h6-7,10,17H,8-9,16H2,1-5H3. The van der Waals surface area contributed by atoms with E-state index < -0.39 is 5.54 Å². The zero-order valence-electron chi connectivity index (χ0n) is 12.5. The highest BCUT2D eigenvalue weighted by atomic mass is 16.5. The SMILES string of the molecule is COc1ccc(C(C)(CCO)C(C)(C)N)c(OC)c1. The van der Waals surface area contributed by atoms with Gasteiger partial charge in [-0.05, 0) is 26.3 Å². The van der Waals surface area contributed by atoms with Crippen LogP contribution in [0.4, 0.5) is 0 Å². The van der Waals surface area contributed by atoms with Crippen LogP contribution in [0.25, 0.3) is 0 Å². The van der Waals surface area contributed by atoms with Gasteiger partial charge in [0.2, 0.25) is 0 Å². The van der Waals surface area contributed by atoms with E-state index in [0.29, 0.717) is 6.42 Å². The highest BCUT2D eigenvalue weighted by Crippen LogP contribution is 2.42. The van der Waals surface area contributed by atoms with Crippen LogP contribution in [-0.4, -0.2) is 31.5 Å². The molecule has 0 saturated carbocycles. The molecule has 1 aromatic rings. The molecule has 0 bridgehead atoms. The number of aliphatic hydroxyl groups is 1. The predicted octanol–water partition coefficient (Wildman–Crippen LogP) is 2.08. The maximum Gasteiger partial charge on any atom is 0.126 e. The molecule has 1 rings (SSSR count). The van der Waals surface area contributed by atoms with Crippen molar-refractivity contribution in [3.8, 4) is 11.5 Å². The Hall–Kier alpha value is -1.26. The highest BCUT2D eigenvalue weighted by Gasteiger charge is 2.41. The van der Waals surface area contributed by atoms with Crippen LogP contribution in [-0.2, 0) is 5.41 Å². The Kier molecular flexibility index (Phi) is 4.82. The Morgan fingerprint density at radius 1 is 1.16 bits per heavy atom. The average Bonchev–Trinajstić information content (AvgIpc) is 2.36. The van der Waals surface area contributed by atoms with Gasteiger partial charge < -0.3 is 20.3 Å². The van der Waals surface area contributed by atoms with Crippen molar-refractivity contribution in [2.45, 2.75) is 38.1 Å². The first kappa shape index (κ1) is 15.8. The van der Waals surface area contributed by atoms with E-state index in [1.54, 1.807) is 14.2 Å². The van der Waals surface area contributed by atoms with Crippen molar-refractivity contribution in [1.29, 1.82) is 0 Å². The molecule has 108 valence electrons. The van der Waals surface area contributed by atoms with Crippen molar-refractivity contribution < 1.29 is 14.6 Å². The Labute approximate surface area is 115 Å². The summed E-state index contributed by atoms with van der Waals surface area (Å²) < 4.78 is 10.7. The quantitative estimate of drug-likeness (QED) is 0.828. The number of nitrogens with two attached hydrogens (primary N) is 1. The first-order valence-corrected chi connectivity index (χ1v) is 6.42. The second kappa shape index (κ2) is 5.80. The number of hydrogen-bond acceptors (Lipinski definition) is 4. The molecule has 3 N–H and O–H groups in total. The molecule has 0 saturated heterocycles. The first-order chi connectivity index (χ1) is 8.80. The average molecular weight is 267 g/mol. The molecular formula is C15H25NO3. The second-order valence-corrected chi connectivity index (χ2v) is 5.59. The minimum atomic E-state index is -0.488. The molecule has 0 heterocycles. The smallest absolute Gasteiger partial charge is 0.126 e. The summed E-state index contributed by atoms with van der Waals surface area (Å²) in [7, 11) is 3.25. The minimum absolute atomic E-state index is 0.0757. The molecular weight excluding hydrogens is 242 g/mol. The van der Waals surface area contributed by atoms with E-state index in [1.807, 2.05) is 39.0 Å². The Balaban J connectivity index is 3.38. The maximum absolute atomic E-state index is 9.37. The fourth-order valence-corrected chi connectivity index (χ4v) is 2.28. The molecule has 0 amide bonds. The van der Waals surface area contributed by atoms with Crippen molar-refractivity contribution >= 4 is 0 Å². The van der Waals surface area contributed by atoms with Crippen LogP contribution in [0.1, 0.15) is 32.8 Å². The Morgan fingerprint density at radius 3 is 2.21 bits per heavy atom. The molecule has 0 fully saturated rings. The van der Waals surface area contributed by atoms with Crippen LogP contribution in [0.15, 0.2) is 18.2 Å². The summed E-state index contributed by atoms with van der Waals surface area (Å²) in [5.74, 6) is 1.47. The van der Waals surface area contributed by atoms with Crippen LogP contribution in [0.3, 0.4) is 0 Å². The number of benzene rings is 1. The van der Waals surface area contributed by atoms with Crippen LogP contribution in [0.5, 0.6) is 11.5 Å². The molecule has 0 aliphatic heterocycles. The summed E-state index contributed by atoms with van der Waals surface area (Å²) in [4.78, 5) is 0. The Bertz CT molecular complexity index is 426. The Morgan fingerprint density at radius 2 is 1.79 bits per heavy atom. The summed E-state index contributed by atoms with van der Waals surface area (Å²) in [5, 5.41) is 9.37. The number of ether oxygens (including phenoxy) is 2. The monoisotopic (exact) mass is 267 g/mol. The van der Waals surface area contributed by atoms with E-state index in [2.05, 4.69) is 0 Å². The van der Waals surface area contributed by atoms with Gasteiger partial charge in [-0.3, -0.25) is 0 Å². The maximum atomic E-state index is 9.37. The summed E-state index contributed by atoms with van der Waals surface area (Å²) >= 11 is 0. The lowest BCUT2D eigenvalue weighted by molar-refractivity contribution is 0.186. The van der Waals surface area contributed by atoms with Crippen molar-refractivity contribution in [3.05, 3.63) is 23.8 Å². The van der Waals surface area contributed by atoms with Crippen molar-refractivity contribution in [2.75, 3.05) is 20.8 Å². The fraction of sp³-hybridized carbons (Fsp3) is 0.600. The van der Waals surface area contributed by atoms with Crippen molar-refractivity contribution in [3.63, 3.8) is 0 Å². The van der Waals surface area contributed by atoms with Crippen molar-refractivity contribution in [2.24, 2.45) is 5.73 Å². The summed E-state index contributed by atoms with van der Waals surface area (Å²) in [6.45, 7) is 6.05. The van der Waals surface area contributed by atoms with E-state index in [1.165, 1.54) is 0 Å². The first-order valence-electron chi connectivity index (χ1n) is 6.42. The summed E-state index contributed by atoms with van der Waals surface area (Å²) in [6, 6.07) is 5.69. The van der Waals surface area contributed by atoms with Gasteiger partial charge in [0.15, 0.2) is 0 Å². The minimum Gasteiger partial charge on any atom is -0.497 e. The zero-order valence-corrected chi connectivity index (χ0v) is 12.5. The van der Waals surface area contributed by atoms with Gasteiger partial charge in [-0.1, -0.05) is 13.0 Å². The molecule has 4 nitrogen and oxygen atoms in total. The van der Waals surface area contributed by atoms with Gasteiger partial charge >= 0.3 is 0 Å². The topological polar surface area (TPSA) is 64.7 Å². The molecule has 0 aliphatic rings. The highest BCUT2D eigenvalue weighted by molar-refractivity contribution is 5.46. The largest absolute Gasteiger partial charge is 0.497 e. The van der Waals surface area contributed by atoms with Gasteiger partial charge in [0.25, 0.3) is 0 Å².